The third-order valence-electron chi connectivity index (χ3n) is 3.02. The third kappa shape index (κ3) is 2.53. The minimum Gasteiger partial charge on any atom is -0.489 e. The lowest BCUT2D eigenvalue weighted by molar-refractivity contribution is 0.132. The maximum atomic E-state index is 8.68. The Morgan fingerprint density at radius 3 is 2.50 bits per heavy atom. The van der Waals surface area contributed by atoms with Gasteiger partial charge in [0.2, 0.25) is 0 Å². The molecule has 1 aliphatic carbocycles. The van der Waals surface area contributed by atoms with Gasteiger partial charge in [0.1, 0.15) is 11.9 Å². The van der Waals surface area contributed by atoms with Gasteiger partial charge >= 0.3 is 0 Å². The smallest absolute Gasteiger partial charge is 0.119 e. The minimum absolute atomic E-state index is 0.127. The van der Waals surface area contributed by atoms with Crippen LogP contribution in [0.4, 0.5) is 0 Å². The summed E-state index contributed by atoms with van der Waals surface area (Å²) in [6, 6.07) is 9.43. The standard InChI is InChI=1S/C13H16N2O/c14-9-10-5-7-11(8-6-10)16-13-4-2-1-3-12(13)15/h5-8,12-13H,1-4,15H2. The molecular weight excluding hydrogens is 200 g/mol. The zero-order valence-corrected chi connectivity index (χ0v) is 9.23. The Morgan fingerprint density at radius 2 is 1.88 bits per heavy atom. The van der Waals surface area contributed by atoms with Gasteiger partial charge in [0.15, 0.2) is 0 Å². The van der Waals surface area contributed by atoms with Crippen molar-refractivity contribution in [2.24, 2.45) is 5.73 Å². The van der Waals surface area contributed by atoms with Crippen molar-refractivity contribution in [3.05, 3.63) is 29.8 Å². The molecule has 0 aliphatic heterocycles. The van der Waals surface area contributed by atoms with E-state index in [-0.39, 0.29) is 12.1 Å². The van der Waals surface area contributed by atoms with Gasteiger partial charge in [-0.15, -0.1) is 0 Å². The maximum absolute atomic E-state index is 8.68. The van der Waals surface area contributed by atoms with E-state index in [0.29, 0.717) is 5.56 Å². The molecule has 0 aromatic heterocycles. The summed E-state index contributed by atoms with van der Waals surface area (Å²) in [5, 5.41) is 8.68. The van der Waals surface area contributed by atoms with E-state index in [1.807, 2.05) is 12.1 Å². The average molecular weight is 216 g/mol. The second kappa shape index (κ2) is 5.00. The highest BCUT2D eigenvalue weighted by Crippen LogP contribution is 2.22. The summed E-state index contributed by atoms with van der Waals surface area (Å²) in [6.07, 6.45) is 4.59. The highest BCUT2D eigenvalue weighted by atomic mass is 16.5. The predicted octanol–water partition coefficient (Wildman–Crippen LogP) is 2.21. The number of ether oxygens (including phenoxy) is 1. The van der Waals surface area contributed by atoms with Crippen molar-refractivity contribution in [1.29, 1.82) is 5.26 Å². The lowest BCUT2D eigenvalue weighted by atomic mass is 9.93. The second-order valence-corrected chi connectivity index (χ2v) is 4.24. The van der Waals surface area contributed by atoms with Crippen LogP contribution in [0.1, 0.15) is 31.2 Å². The Kier molecular flexibility index (Phi) is 3.43. The largest absolute Gasteiger partial charge is 0.489 e. The van der Waals surface area contributed by atoms with E-state index >= 15 is 0 Å². The Hall–Kier alpha value is -1.53. The van der Waals surface area contributed by atoms with Gasteiger partial charge in [-0.3, -0.25) is 0 Å². The molecule has 1 saturated carbocycles. The monoisotopic (exact) mass is 216 g/mol. The molecule has 2 rings (SSSR count). The van der Waals surface area contributed by atoms with Gasteiger partial charge in [-0.05, 0) is 43.5 Å². The first-order chi connectivity index (χ1) is 7.79. The molecule has 2 atom stereocenters. The minimum atomic E-state index is 0.127. The van der Waals surface area contributed by atoms with Gasteiger partial charge in [0.05, 0.1) is 11.6 Å². The Morgan fingerprint density at radius 1 is 1.19 bits per heavy atom. The van der Waals surface area contributed by atoms with Gasteiger partial charge in [-0.1, -0.05) is 6.42 Å². The van der Waals surface area contributed by atoms with E-state index in [1.165, 1.54) is 12.8 Å². The zero-order chi connectivity index (χ0) is 11.4. The van der Waals surface area contributed by atoms with Crippen LogP contribution in [-0.4, -0.2) is 12.1 Å². The molecular formula is C13H16N2O. The van der Waals surface area contributed by atoms with Crippen LogP contribution in [0.3, 0.4) is 0 Å². The van der Waals surface area contributed by atoms with Crippen molar-refractivity contribution in [1.82, 2.24) is 0 Å². The summed E-state index contributed by atoms with van der Waals surface area (Å²) >= 11 is 0. The number of hydrogen-bond donors (Lipinski definition) is 1. The fourth-order valence-electron chi connectivity index (χ4n) is 2.05. The van der Waals surface area contributed by atoms with Crippen LogP contribution in [0.2, 0.25) is 0 Å². The van der Waals surface area contributed by atoms with Crippen LogP contribution in [0, 0.1) is 11.3 Å². The van der Waals surface area contributed by atoms with E-state index in [4.69, 9.17) is 15.7 Å². The Balaban J connectivity index is 2.00. The van der Waals surface area contributed by atoms with E-state index in [0.717, 1.165) is 18.6 Å². The number of nitriles is 1. The lowest BCUT2D eigenvalue weighted by Gasteiger charge is -2.29. The molecule has 1 aliphatic rings. The summed E-state index contributed by atoms with van der Waals surface area (Å²) in [7, 11) is 0. The van der Waals surface area contributed by atoms with E-state index < -0.39 is 0 Å². The lowest BCUT2D eigenvalue weighted by Crippen LogP contribution is -2.41. The summed E-state index contributed by atoms with van der Waals surface area (Å²) < 4.78 is 5.83. The van der Waals surface area contributed by atoms with Gasteiger partial charge in [0, 0.05) is 6.04 Å². The Bertz CT molecular complexity index is 380. The number of hydrogen-bond acceptors (Lipinski definition) is 3. The van der Waals surface area contributed by atoms with Crippen molar-refractivity contribution < 1.29 is 4.74 Å². The molecule has 0 bridgehead atoms. The average Bonchev–Trinajstić information content (AvgIpc) is 2.33. The highest BCUT2D eigenvalue weighted by molar-refractivity contribution is 5.34. The molecule has 1 aromatic rings. The molecule has 0 spiro atoms. The van der Waals surface area contributed by atoms with Gasteiger partial charge < -0.3 is 10.5 Å². The Labute approximate surface area is 95.8 Å². The number of nitrogens with zero attached hydrogens (tertiary/aromatic N) is 1. The molecule has 84 valence electrons. The molecule has 0 radical (unpaired) electrons. The molecule has 16 heavy (non-hydrogen) atoms. The highest BCUT2D eigenvalue weighted by Gasteiger charge is 2.23. The number of rotatable bonds is 2. The van der Waals surface area contributed by atoms with Gasteiger partial charge in [0.25, 0.3) is 0 Å². The molecule has 0 saturated heterocycles. The van der Waals surface area contributed by atoms with E-state index in [1.54, 1.807) is 12.1 Å². The molecule has 1 fully saturated rings. The fourth-order valence-corrected chi connectivity index (χ4v) is 2.05. The predicted molar refractivity (Wildman–Crippen MR) is 62.0 cm³/mol. The van der Waals surface area contributed by atoms with Crippen molar-refractivity contribution in [3.63, 3.8) is 0 Å². The van der Waals surface area contributed by atoms with Crippen LogP contribution in [-0.2, 0) is 0 Å². The van der Waals surface area contributed by atoms with Crippen LogP contribution >= 0.6 is 0 Å². The summed E-state index contributed by atoms with van der Waals surface area (Å²) in [5.41, 5.74) is 6.66. The van der Waals surface area contributed by atoms with Crippen molar-refractivity contribution in [2.75, 3.05) is 0 Å². The summed E-state index contributed by atoms with van der Waals surface area (Å²) in [5.74, 6) is 0.807. The molecule has 3 heteroatoms. The SMILES string of the molecule is N#Cc1ccc(OC2CCCCC2N)cc1. The summed E-state index contributed by atoms with van der Waals surface area (Å²) in [4.78, 5) is 0. The molecule has 3 nitrogen and oxygen atoms in total. The molecule has 0 amide bonds. The maximum Gasteiger partial charge on any atom is 0.119 e. The first kappa shape index (κ1) is 11.0. The molecule has 2 unspecified atom stereocenters. The zero-order valence-electron chi connectivity index (χ0n) is 9.23. The fraction of sp³-hybridized carbons (Fsp3) is 0.462. The van der Waals surface area contributed by atoms with Gasteiger partial charge in [-0.25, -0.2) is 0 Å². The van der Waals surface area contributed by atoms with Crippen LogP contribution in [0.15, 0.2) is 24.3 Å². The van der Waals surface area contributed by atoms with E-state index in [9.17, 15) is 0 Å². The van der Waals surface area contributed by atoms with Gasteiger partial charge in [-0.2, -0.15) is 5.26 Å². The van der Waals surface area contributed by atoms with Crippen molar-refractivity contribution in [2.45, 2.75) is 37.8 Å². The second-order valence-electron chi connectivity index (χ2n) is 4.24. The van der Waals surface area contributed by atoms with E-state index in [2.05, 4.69) is 6.07 Å². The van der Waals surface area contributed by atoms with Crippen LogP contribution in [0.25, 0.3) is 0 Å². The van der Waals surface area contributed by atoms with Crippen molar-refractivity contribution >= 4 is 0 Å². The molecule has 0 heterocycles. The number of nitrogens with two attached hydrogens (primary N) is 1. The molecule has 1 aromatic carbocycles. The number of benzene rings is 1. The third-order valence-corrected chi connectivity index (χ3v) is 3.02. The quantitative estimate of drug-likeness (QED) is 0.824. The first-order valence-corrected chi connectivity index (χ1v) is 5.72. The van der Waals surface area contributed by atoms with Crippen LogP contribution in [0.5, 0.6) is 5.75 Å². The normalized spacial score (nSPS) is 24.8. The summed E-state index contributed by atoms with van der Waals surface area (Å²) in [6.45, 7) is 0. The first-order valence-electron chi connectivity index (χ1n) is 5.72. The van der Waals surface area contributed by atoms with Crippen LogP contribution < -0.4 is 10.5 Å². The topological polar surface area (TPSA) is 59.0 Å². The molecule has 2 N–H and O–H groups in total. The van der Waals surface area contributed by atoms with Crippen molar-refractivity contribution in [3.8, 4) is 11.8 Å².